The fraction of sp³-hybridized carbons (Fsp3) is 0. The van der Waals surface area contributed by atoms with E-state index < -0.39 is 8.18 Å². The number of nitrogens with one attached hydrogen (secondary N) is 1. The van der Waals surface area contributed by atoms with Crippen molar-refractivity contribution in [1.82, 2.24) is 5.09 Å². The summed E-state index contributed by atoms with van der Waals surface area (Å²) < 4.78 is 9.60. The Morgan fingerprint density at radius 3 is 2.50 bits per heavy atom. The number of rotatable bonds is 2. The van der Waals surface area contributed by atoms with Crippen molar-refractivity contribution in [2.45, 2.75) is 0 Å². The molecule has 1 atom stereocenters. The molecule has 4 heteroatoms. The molecule has 0 aliphatic rings. The maximum atomic E-state index is 9.60. The van der Waals surface area contributed by atoms with Gasteiger partial charge in [-0.2, -0.15) is 0 Å². The molecular formula is C2H6NO2P. The quantitative estimate of drug-likeness (QED) is 0.492. The van der Waals surface area contributed by atoms with Crippen molar-refractivity contribution in [2.75, 3.05) is 0 Å². The smallest absolute Gasteiger partial charge is 0.279 e. The third-order valence-corrected chi connectivity index (χ3v) is 0.677. The summed E-state index contributed by atoms with van der Waals surface area (Å²) in [6, 6.07) is 0. The van der Waals surface area contributed by atoms with Crippen LogP contribution in [0.3, 0.4) is 0 Å². The van der Waals surface area contributed by atoms with E-state index in [0.717, 1.165) is 0 Å². The Bertz CT molecular complexity index is 71.9. The molecule has 0 aromatic heterocycles. The van der Waals surface area contributed by atoms with E-state index in [-0.39, 0.29) is 0 Å². The molecule has 0 fully saturated rings. The standard InChI is InChI=1S/C2H6NO2P/c1-2-3-6(4)5/h2,6H,1H2,(H2,3,4,5). The van der Waals surface area contributed by atoms with Gasteiger partial charge in [-0.1, -0.05) is 6.58 Å². The van der Waals surface area contributed by atoms with Crippen LogP contribution in [0.5, 0.6) is 0 Å². The molecular weight excluding hydrogens is 101 g/mol. The molecule has 0 aromatic rings. The SMILES string of the molecule is C=CN[PH](=O)O. The van der Waals surface area contributed by atoms with Gasteiger partial charge in [0.25, 0.3) is 8.18 Å². The molecule has 0 amide bonds. The first-order valence-electron chi connectivity index (χ1n) is 1.37. The van der Waals surface area contributed by atoms with Crippen LogP contribution in [0.1, 0.15) is 0 Å². The molecule has 0 saturated carbocycles. The normalized spacial score (nSPS) is 12.8. The molecule has 2 N–H and O–H groups in total. The van der Waals surface area contributed by atoms with Gasteiger partial charge >= 0.3 is 0 Å². The first kappa shape index (κ1) is 5.73. The molecule has 0 heterocycles. The van der Waals surface area contributed by atoms with Gasteiger partial charge in [0.15, 0.2) is 0 Å². The van der Waals surface area contributed by atoms with E-state index in [0.29, 0.717) is 0 Å². The highest BCUT2D eigenvalue weighted by atomic mass is 31.1. The monoisotopic (exact) mass is 107 g/mol. The lowest BCUT2D eigenvalue weighted by Gasteiger charge is -1.84. The Hall–Kier alpha value is -0.270. The molecule has 36 valence electrons. The maximum absolute atomic E-state index is 9.60. The van der Waals surface area contributed by atoms with Crippen molar-refractivity contribution in [3.63, 3.8) is 0 Å². The van der Waals surface area contributed by atoms with Crippen molar-refractivity contribution in [2.24, 2.45) is 0 Å². The van der Waals surface area contributed by atoms with Gasteiger partial charge in [0.1, 0.15) is 0 Å². The predicted molar refractivity (Wildman–Crippen MR) is 24.6 cm³/mol. The topological polar surface area (TPSA) is 49.3 Å². The van der Waals surface area contributed by atoms with Gasteiger partial charge in [-0.05, 0) is 6.20 Å². The van der Waals surface area contributed by atoms with Crippen LogP contribution in [0.2, 0.25) is 0 Å². The molecule has 0 aromatic carbocycles. The summed E-state index contributed by atoms with van der Waals surface area (Å²) in [5.74, 6) is 0. The number of hydrogen-bond acceptors (Lipinski definition) is 1. The Balaban J connectivity index is 3.05. The summed E-state index contributed by atoms with van der Waals surface area (Å²) in [5, 5.41) is 2.07. The Morgan fingerprint density at radius 1 is 2.00 bits per heavy atom. The zero-order valence-corrected chi connectivity index (χ0v) is 4.14. The molecule has 0 spiro atoms. The number of hydrogen-bond donors (Lipinski definition) is 2. The van der Waals surface area contributed by atoms with Gasteiger partial charge in [0.2, 0.25) is 0 Å². The molecule has 3 nitrogen and oxygen atoms in total. The van der Waals surface area contributed by atoms with Crippen molar-refractivity contribution in [1.29, 1.82) is 0 Å². The Labute approximate surface area is 36.6 Å². The zero-order valence-electron chi connectivity index (χ0n) is 3.14. The van der Waals surface area contributed by atoms with Crippen molar-refractivity contribution in [3.05, 3.63) is 12.8 Å². The average Bonchev–Trinajstić information content (AvgIpc) is 1.35. The molecule has 0 aliphatic carbocycles. The summed E-state index contributed by atoms with van der Waals surface area (Å²) in [4.78, 5) is 7.92. The van der Waals surface area contributed by atoms with Crippen LogP contribution >= 0.6 is 8.18 Å². The third-order valence-electron chi connectivity index (χ3n) is 0.226. The summed E-state index contributed by atoms with van der Waals surface area (Å²) in [6.45, 7) is 3.16. The van der Waals surface area contributed by atoms with E-state index in [1.807, 2.05) is 0 Å². The van der Waals surface area contributed by atoms with Crippen molar-refractivity contribution < 1.29 is 9.46 Å². The van der Waals surface area contributed by atoms with E-state index in [9.17, 15) is 4.57 Å². The summed E-state index contributed by atoms with van der Waals surface area (Å²) in [6.07, 6.45) is 1.18. The van der Waals surface area contributed by atoms with Crippen LogP contribution in [-0.4, -0.2) is 4.89 Å². The molecule has 0 bridgehead atoms. The van der Waals surface area contributed by atoms with Gasteiger partial charge in [0.05, 0.1) is 0 Å². The van der Waals surface area contributed by atoms with Crippen LogP contribution in [-0.2, 0) is 4.57 Å². The second-order valence-corrected chi connectivity index (χ2v) is 1.55. The zero-order chi connectivity index (χ0) is 4.99. The summed E-state index contributed by atoms with van der Waals surface area (Å²) in [7, 11) is -2.50. The lowest BCUT2D eigenvalue weighted by atomic mass is 11.1. The highest BCUT2D eigenvalue weighted by Crippen LogP contribution is 2.01. The van der Waals surface area contributed by atoms with E-state index in [1.165, 1.54) is 6.20 Å². The lowest BCUT2D eigenvalue weighted by molar-refractivity contribution is 0.497. The minimum atomic E-state index is -2.50. The van der Waals surface area contributed by atoms with Gasteiger partial charge in [-0.3, -0.25) is 4.57 Å². The van der Waals surface area contributed by atoms with Crippen LogP contribution in [0.25, 0.3) is 0 Å². The third kappa shape index (κ3) is 3.73. The minimum Gasteiger partial charge on any atom is -0.331 e. The van der Waals surface area contributed by atoms with Crippen molar-refractivity contribution >= 4 is 8.18 Å². The molecule has 0 saturated heterocycles. The second-order valence-electron chi connectivity index (χ2n) is 0.654. The van der Waals surface area contributed by atoms with Gasteiger partial charge in [0, 0.05) is 0 Å². The minimum absolute atomic E-state index is 1.18. The van der Waals surface area contributed by atoms with E-state index in [1.54, 1.807) is 0 Å². The van der Waals surface area contributed by atoms with Crippen LogP contribution < -0.4 is 5.09 Å². The van der Waals surface area contributed by atoms with Gasteiger partial charge in [-0.15, -0.1) is 0 Å². The van der Waals surface area contributed by atoms with Crippen LogP contribution in [0.4, 0.5) is 0 Å². The summed E-state index contributed by atoms with van der Waals surface area (Å²) >= 11 is 0. The second kappa shape index (κ2) is 2.94. The van der Waals surface area contributed by atoms with E-state index in [4.69, 9.17) is 4.89 Å². The first-order chi connectivity index (χ1) is 2.77. The van der Waals surface area contributed by atoms with Crippen LogP contribution in [0, 0.1) is 0 Å². The average molecular weight is 107 g/mol. The molecule has 1 unspecified atom stereocenters. The van der Waals surface area contributed by atoms with Crippen LogP contribution in [0.15, 0.2) is 12.8 Å². The molecule has 0 radical (unpaired) electrons. The first-order valence-corrected chi connectivity index (χ1v) is 2.73. The highest BCUT2D eigenvalue weighted by molar-refractivity contribution is 7.35. The Kier molecular flexibility index (Phi) is 2.81. The molecule has 0 rings (SSSR count). The predicted octanol–water partition coefficient (Wildman–Crippen LogP) is 0.101. The highest BCUT2D eigenvalue weighted by Gasteiger charge is 1.74. The fourth-order valence-electron chi connectivity index (χ4n) is 0.0873. The molecule has 0 aliphatic heterocycles. The fourth-order valence-corrected chi connectivity index (χ4v) is 0.262. The summed E-state index contributed by atoms with van der Waals surface area (Å²) in [5.41, 5.74) is 0. The van der Waals surface area contributed by atoms with Gasteiger partial charge in [-0.25, -0.2) is 0 Å². The molecule has 6 heavy (non-hydrogen) atoms. The largest absolute Gasteiger partial charge is 0.331 e. The van der Waals surface area contributed by atoms with E-state index in [2.05, 4.69) is 11.7 Å². The van der Waals surface area contributed by atoms with Crippen molar-refractivity contribution in [3.8, 4) is 0 Å². The maximum Gasteiger partial charge on any atom is 0.279 e. The Morgan fingerprint density at radius 2 is 2.50 bits per heavy atom. The lowest BCUT2D eigenvalue weighted by Crippen LogP contribution is -1.84. The van der Waals surface area contributed by atoms with Gasteiger partial charge < -0.3 is 9.98 Å². The van der Waals surface area contributed by atoms with E-state index >= 15 is 0 Å².